The Labute approximate surface area is 98.7 Å². The number of nitrogens with one attached hydrogen (secondary N) is 1. The molecule has 0 atom stereocenters. The SMILES string of the molecule is CCc1nnc2sc(CNCC(F)(F)F)nn12. The number of halogens is 3. The molecule has 0 saturated carbocycles. The normalized spacial score (nSPS) is 12.5. The van der Waals surface area contributed by atoms with E-state index in [0.717, 1.165) is 0 Å². The fraction of sp³-hybridized carbons (Fsp3) is 0.625. The minimum absolute atomic E-state index is 0.0801. The van der Waals surface area contributed by atoms with Crippen LogP contribution in [0.1, 0.15) is 17.8 Å². The van der Waals surface area contributed by atoms with Crippen molar-refractivity contribution in [2.24, 2.45) is 0 Å². The van der Waals surface area contributed by atoms with E-state index in [1.165, 1.54) is 11.3 Å². The summed E-state index contributed by atoms with van der Waals surface area (Å²) in [4.78, 5) is 0.602. The fourth-order valence-corrected chi connectivity index (χ4v) is 2.12. The van der Waals surface area contributed by atoms with E-state index < -0.39 is 12.7 Å². The zero-order valence-electron chi connectivity index (χ0n) is 8.95. The van der Waals surface area contributed by atoms with Crippen molar-refractivity contribution in [2.45, 2.75) is 26.1 Å². The molecule has 0 fully saturated rings. The summed E-state index contributed by atoms with van der Waals surface area (Å²) < 4.78 is 37.3. The van der Waals surface area contributed by atoms with Crippen LogP contribution in [0.2, 0.25) is 0 Å². The smallest absolute Gasteiger partial charge is 0.302 e. The number of aromatic nitrogens is 4. The molecule has 0 aromatic carbocycles. The van der Waals surface area contributed by atoms with E-state index in [9.17, 15) is 13.2 Å². The maximum absolute atomic E-state index is 11.9. The van der Waals surface area contributed by atoms with E-state index in [1.54, 1.807) is 4.52 Å². The van der Waals surface area contributed by atoms with E-state index in [0.29, 0.717) is 22.2 Å². The topological polar surface area (TPSA) is 55.1 Å². The first-order valence-corrected chi connectivity index (χ1v) is 5.78. The summed E-state index contributed by atoms with van der Waals surface area (Å²) in [5.41, 5.74) is 0. The molecule has 0 radical (unpaired) electrons. The van der Waals surface area contributed by atoms with E-state index in [2.05, 4.69) is 20.6 Å². The highest BCUT2D eigenvalue weighted by Gasteiger charge is 2.26. The minimum Gasteiger partial charge on any atom is -0.302 e. The molecular weight excluding hydrogens is 255 g/mol. The van der Waals surface area contributed by atoms with Crippen molar-refractivity contribution in [3.63, 3.8) is 0 Å². The molecule has 2 rings (SSSR count). The average Bonchev–Trinajstić information content (AvgIpc) is 2.74. The number of aryl methyl sites for hydroxylation is 1. The first-order chi connectivity index (χ1) is 7.99. The van der Waals surface area contributed by atoms with E-state index in [4.69, 9.17) is 0 Å². The molecule has 94 valence electrons. The molecule has 1 N–H and O–H groups in total. The summed E-state index contributed by atoms with van der Waals surface area (Å²) in [7, 11) is 0. The molecule has 9 heteroatoms. The summed E-state index contributed by atoms with van der Waals surface area (Å²) in [6, 6.07) is 0. The van der Waals surface area contributed by atoms with Gasteiger partial charge in [0, 0.05) is 6.42 Å². The maximum atomic E-state index is 11.9. The molecule has 0 aliphatic carbocycles. The number of rotatable bonds is 4. The van der Waals surface area contributed by atoms with Crippen molar-refractivity contribution in [1.29, 1.82) is 0 Å². The minimum atomic E-state index is -4.20. The lowest BCUT2D eigenvalue weighted by Crippen LogP contribution is -2.28. The van der Waals surface area contributed by atoms with Crippen LogP contribution in [-0.2, 0) is 13.0 Å². The Morgan fingerprint density at radius 3 is 2.76 bits per heavy atom. The van der Waals surface area contributed by atoms with Crippen molar-refractivity contribution < 1.29 is 13.2 Å². The molecule has 2 aromatic heterocycles. The molecule has 0 spiro atoms. The third-order valence-corrected chi connectivity index (χ3v) is 2.91. The van der Waals surface area contributed by atoms with E-state index >= 15 is 0 Å². The highest BCUT2D eigenvalue weighted by Crippen LogP contribution is 2.15. The Bertz CT molecular complexity index is 503. The number of alkyl halides is 3. The van der Waals surface area contributed by atoms with Crippen molar-refractivity contribution in [2.75, 3.05) is 6.54 Å². The summed E-state index contributed by atoms with van der Waals surface area (Å²) in [5, 5.41) is 14.8. The third kappa shape index (κ3) is 2.91. The lowest BCUT2D eigenvalue weighted by Gasteiger charge is -2.05. The van der Waals surface area contributed by atoms with Gasteiger partial charge in [-0.2, -0.15) is 22.8 Å². The summed E-state index contributed by atoms with van der Waals surface area (Å²) >= 11 is 1.23. The molecule has 2 heterocycles. The number of hydrogen-bond acceptors (Lipinski definition) is 5. The predicted octanol–water partition coefficient (Wildman–Crippen LogP) is 1.40. The van der Waals surface area contributed by atoms with Gasteiger partial charge in [0.25, 0.3) is 0 Å². The van der Waals surface area contributed by atoms with Gasteiger partial charge in [0.1, 0.15) is 5.01 Å². The molecular formula is C8H10F3N5S. The average molecular weight is 265 g/mol. The van der Waals surface area contributed by atoms with Gasteiger partial charge in [0.15, 0.2) is 5.82 Å². The van der Waals surface area contributed by atoms with E-state index in [-0.39, 0.29) is 6.54 Å². The Morgan fingerprint density at radius 2 is 2.12 bits per heavy atom. The lowest BCUT2D eigenvalue weighted by atomic mass is 10.5. The van der Waals surface area contributed by atoms with Crippen molar-refractivity contribution in [3.05, 3.63) is 10.8 Å². The Balaban J connectivity index is 2.02. The van der Waals surface area contributed by atoms with Crippen LogP contribution in [0.15, 0.2) is 0 Å². The molecule has 0 aliphatic heterocycles. The molecule has 0 bridgehead atoms. The molecule has 5 nitrogen and oxygen atoms in total. The number of fused-ring (bicyclic) bond motifs is 1. The monoisotopic (exact) mass is 265 g/mol. The van der Waals surface area contributed by atoms with Gasteiger partial charge in [0.05, 0.1) is 13.1 Å². The first-order valence-electron chi connectivity index (χ1n) is 4.97. The summed E-state index contributed by atoms with van der Waals surface area (Å²) in [6.07, 6.45) is -3.52. The lowest BCUT2D eigenvalue weighted by molar-refractivity contribution is -0.125. The fourth-order valence-electron chi connectivity index (χ4n) is 1.30. The van der Waals surface area contributed by atoms with Crippen LogP contribution in [0.25, 0.3) is 4.96 Å². The van der Waals surface area contributed by atoms with Crippen LogP contribution < -0.4 is 5.32 Å². The Morgan fingerprint density at radius 1 is 1.35 bits per heavy atom. The second-order valence-corrected chi connectivity index (χ2v) is 4.42. The van der Waals surface area contributed by atoms with Gasteiger partial charge < -0.3 is 5.32 Å². The molecule has 0 amide bonds. The van der Waals surface area contributed by atoms with Gasteiger partial charge >= 0.3 is 6.18 Å². The molecule has 0 saturated heterocycles. The molecule has 17 heavy (non-hydrogen) atoms. The van der Waals surface area contributed by atoms with Gasteiger partial charge in [-0.15, -0.1) is 10.2 Å². The van der Waals surface area contributed by atoms with Crippen LogP contribution in [-0.4, -0.2) is 32.5 Å². The van der Waals surface area contributed by atoms with Crippen molar-refractivity contribution >= 4 is 16.3 Å². The van der Waals surface area contributed by atoms with Gasteiger partial charge in [-0.1, -0.05) is 18.3 Å². The van der Waals surface area contributed by atoms with Crippen LogP contribution in [0.5, 0.6) is 0 Å². The van der Waals surface area contributed by atoms with Gasteiger partial charge in [-0.25, -0.2) is 0 Å². The zero-order chi connectivity index (χ0) is 12.5. The predicted molar refractivity (Wildman–Crippen MR) is 55.8 cm³/mol. The second-order valence-electron chi connectivity index (χ2n) is 3.38. The van der Waals surface area contributed by atoms with Crippen LogP contribution in [0.4, 0.5) is 13.2 Å². The maximum Gasteiger partial charge on any atom is 0.401 e. The zero-order valence-corrected chi connectivity index (χ0v) is 9.77. The number of nitrogens with zero attached hydrogens (tertiary/aromatic N) is 4. The molecule has 2 aromatic rings. The molecule has 0 aliphatic rings. The number of hydrogen-bond donors (Lipinski definition) is 1. The first kappa shape index (κ1) is 12.2. The van der Waals surface area contributed by atoms with Crippen molar-refractivity contribution in [1.82, 2.24) is 25.1 Å². The highest BCUT2D eigenvalue weighted by molar-refractivity contribution is 7.16. The highest BCUT2D eigenvalue weighted by atomic mass is 32.1. The quantitative estimate of drug-likeness (QED) is 0.908. The van der Waals surface area contributed by atoms with Crippen LogP contribution in [0, 0.1) is 0 Å². The van der Waals surface area contributed by atoms with Gasteiger partial charge in [-0.05, 0) is 0 Å². The summed E-state index contributed by atoms with van der Waals surface area (Å²) in [6.45, 7) is 0.974. The molecule has 0 unspecified atom stereocenters. The van der Waals surface area contributed by atoms with Gasteiger partial charge in [0.2, 0.25) is 4.96 Å². The van der Waals surface area contributed by atoms with Gasteiger partial charge in [-0.3, -0.25) is 0 Å². The summed E-state index contributed by atoms with van der Waals surface area (Å²) in [5.74, 6) is 0.707. The standard InChI is InChI=1S/C8H10F3N5S/c1-2-5-13-14-7-16(5)15-6(17-7)3-12-4-8(9,10)11/h12H,2-4H2,1H3. The van der Waals surface area contributed by atoms with Crippen LogP contribution in [0.3, 0.4) is 0 Å². The second kappa shape index (κ2) is 4.57. The Kier molecular flexibility index (Phi) is 3.29. The Hall–Kier alpha value is -1.22. The van der Waals surface area contributed by atoms with Crippen LogP contribution >= 0.6 is 11.3 Å². The van der Waals surface area contributed by atoms with Crippen molar-refractivity contribution in [3.8, 4) is 0 Å². The third-order valence-electron chi connectivity index (χ3n) is 2.02. The largest absolute Gasteiger partial charge is 0.401 e. The van der Waals surface area contributed by atoms with E-state index in [1.807, 2.05) is 6.92 Å².